The number of amides is 1. The van der Waals surface area contributed by atoms with Crippen LogP contribution in [0, 0.1) is 0 Å². The third-order valence-corrected chi connectivity index (χ3v) is 3.02. The Morgan fingerprint density at radius 3 is 2.80 bits per heavy atom. The average molecular weight is 273 g/mol. The van der Waals surface area contributed by atoms with Gasteiger partial charge in [-0.25, -0.2) is 0 Å². The van der Waals surface area contributed by atoms with Gasteiger partial charge in [0.05, 0.1) is 0 Å². The van der Waals surface area contributed by atoms with Crippen molar-refractivity contribution in [3.8, 4) is 11.5 Å². The molecule has 4 heteroatoms. The van der Waals surface area contributed by atoms with Gasteiger partial charge in [-0.1, -0.05) is 25.5 Å². The lowest BCUT2D eigenvalue weighted by Gasteiger charge is -2.08. The number of aromatic hydroxyl groups is 1. The minimum atomic E-state index is -0.116. The van der Waals surface area contributed by atoms with Gasteiger partial charge in [-0.15, -0.1) is 0 Å². The number of phenols is 1. The van der Waals surface area contributed by atoms with E-state index in [-0.39, 0.29) is 18.3 Å². The molecule has 0 aromatic heterocycles. The minimum Gasteiger partial charge on any atom is -0.508 e. The van der Waals surface area contributed by atoms with Crippen LogP contribution in [0.2, 0.25) is 0 Å². The van der Waals surface area contributed by atoms with Crippen LogP contribution in [0.15, 0.2) is 36.4 Å². The molecule has 0 aliphatic carbocycles. The van der Waals surface area contributed by atoms with Crippen LogP contribution >= 0.6 is 0 Å². The number of hydrogen-bond donors (Lipinski definition) is 2. The highest BCUT2D eigenvalue weighted by Gasteiger charge is 2.03. The highest BCUT2D eigenvalue weighted by atomic mass is 16.5. The van der Waals surface area contributed by atoms with Crippen molar-refractivity contribution in [1.82, 2.24) is 5.32 Å². The summed E-state index contributed by atoms with van der Waals surface area (Å²) in [5.74, 6) is 0.718. The fraction of sp³-hybridized carbons (Fsp3) is 0.312. The summed E-state index contributed by atoms with van der Waals surface area (Å²) in [6.45, 7) is 2.77. The molecule has 0 radical (unpaired) electrons. The number of ether oxygens (including phenoxy) is 1. The molecule has 0 unspecified atom stereocenters. The summed E-state index contributed by atoms with van der Waals surface area (Å²) in [6, 6.07) is 10.7. The second-order valence-electron chi connectivity index (χ2n) is 4.69. The first-order chi connectivity index (χ1) is 9.69. The van der Waals surface area contributed by atoms with Crippen LogP contribution < -0.4 is 10.1 Å². The highest BCUT2D eigenvalue weighted by molar-refractivity contribution is 5.85. The topological polar surface area (TPSA) is 58.6 Å². The Hall–Kier alpha value is -2.23. The van der Waals surface area contributed by atoms with Crippen molar-refractivity contribution in [2.75, 3.05) is 13.2 Å². The monoisotopic (exact) mass is 273 g/mol. The van der Waals surface area contributed by atoms with E-state index < -0.39 is 0 Å². The van der Waals surface area contributed by atoms with E-state index in [9.17, 15) is 9.90 Å². The molecule has 0 spiro atoms. The van der Waals surface area contributed by atoms with Gasteiger partial charge in [-0.05, 0) is 41.5 Å². The van der Waals surface area contributed by atoms with Crippen LogP contribution in [0.25, 0.3) is 10.8 Å². The van der Waals surface area contributed by atoms with E-state index in [0.29, 0.717) is 12.3 Å². The van der Waals surface area contributed by atoms with Gasteiger partial charge >= 0.3 is 0 Å². The maximum Gasteiger partial charge on any atom is 0.257 e. The van der Waals surface area contributed by atoms with E-state index in [0.717, 1.165) is 23.6 Å². The fourth-order valence-corrected chi connectivity index (χ4v) is 1.91. The fourth-order valence-electron chi connectivity index (χ4n) is 1.91. The smallest absolute Gasteiger partial charge is 0.257 e. The average Bonchev–Trinajstić information content (AvgIpc) is 2.45. The molecule has 20 heavy (non-hydrogen) atoms. The zero-order valence-electron chi connectivity index (χ0n) is 11.6. The largest absolute Gasteiger partial charge is 0.508 e. The Bertz CT molecular complexity index is 595. The zero-order valence-corrected chi connectivity index (χ0v) is 11.6. The number of benzene rings is 2. The third-order valence-electron chi connectivity index (χ3n) is 3.02. The normalized spacial score (nSPS) is 10.4. The summed E-state index contributed by atoms with van der Waals surface area (Å²) in [5, 5.41) is 14.2. The van der Waals surface area contributed by atoms with Gasteiger partial charge in [-0.2, -0.15) is 0 Å². The summed E-state index contributed by atoms with van der Waals surface area (Å²) in [7, 11) is 0. The Balaban J connectivity index is 1.94. The van der Waals surface area contributed by atoms with E-state index >= 15 is 0 Å². The molecule has 0 saturated carbocycles. The standard InChI is InChI=1S/C16H19NO3/c1-2-3-8-17-16(19)11-20-15-7-5-12-4-6-14(18)9-13(12)10-15/h4-7,9-10,18H,2-3,8,11H2,1H3,(H,17,19). The van der Waals surface area contributed by atoms with Gasteiger partial charge in [0.1, 0.15) is 11.5 Å². The lowest BCUT2D eigenvalue weighted by molar-refractivity contribution is -0.123. The van der Waals surface area contributed by atoms with Crippen LogP contribution in [-0.2, 0) is 4.79 Å². The number of fused-ring (bicyclic) bond motifs is 1. The predicted octanol–water partition coefficient (Wildman–Crippen LogP) is 2.84. The molecule has 2 N–H and O–H groups in total. The van der Waals surface area contributed by atoms with E-state index in [1.807, 2.05) is 24.3 Å². The first-order valence-electron chi connectivity index (χ1n) is 6.81. The molecule has 0 aliphatic rings. The molecule has 2 aromatic rings. The van der Waals surface area contributed by atoms with Gasteiger partial charge in [0.2, 0.25) is 0 Å². The zero-order chi connectivity index (χ0) is 14.4. The molecule has 0 heterocycles. The summed E-state index contributed by atoms with van der Waals surface area (Å²) in [6.07, 6.45) is 2.02. The minimum absolute atomic E-state index is 0.00797. The van der Waals surface area contributed by atoms with Crippen LogP contribution in [0.5, 0.6) is 11.5 Å². The number of carbonyl (C=O) groups is 1. The van der Waals surface area contributed by atoms with E-state index in [4.69, 9.17) is 4.74 Å². The van der Waals surface area contributed by atoms with Gasteiger partial charge in [-0.3, -0.25) is 4.79 Å². The summed E-state index contributed by atoms with van der Waals surface area (Å²) < 4.78 is 5.45. The first kappa shape index (κ1) is 14.2. The van der Waals surface area contributed by atoms with Crippen molar-refractivity contribution in [3.63, 3.8) is 0 Å². The highest BCUT2D eigenvalue weighted by Crippen LogP contribution is 2.24. The summed E-state index contributed by atoms with van der Waals surface area (Å²) in [4.78, 5) is 11.5. The molecule has 2 aromatic carbocycles. The molecule has 2 rings (SSSR count). The van der Waals surface area contributed by atoms with Crippen molar-refractivity contribution in [2.45, 2.75) is 19.8 Å². The Morgan fingerprint density at radius 1 is 1.20 bits per heavy atom. The van der Waals surface area contributed by atoms with E-state index in [1.165, 1.54) is 0 Å². The van der Waals surface area contributed by atoms with Crippen LogP contribution in [0.4, 0.5) is 0 Å². The molecular weight excluding hydrogens is 254 g/mol. The molecule has 1 amide bonds. The Labute approximate surface area is 118 Å². The molecule has 0 fully saturated rings. The van der Waals surface area contributed by atoms with Crippen LogP contribution in [-0.4, -0.2) is 24.2 Å². The van der Waals surface area contributed by atoms with Crippen molar-refractivity contribution in [2.24, 2.45) is 0 Å². The van der Waals surface area contributed by atoms with Crippen molar-refractivity contribution in [1.29, 1.82) is 0 Å². The van der Waals surface area contributed by atoms with Gasteiger partial charge in [0.25, 0.3) is 5.91 Å². The molecule has 0 aliphatic heterocycles. The lowest BCUT2D eigenvalue weighted by atomic mass is 10.1. The maximum absolute atomic E-state index is 11.5. The molecule has 0 bridgehead atoms. The lowest BCUT2D eigenvalue weighted by Crippen LogP contribution is -2.29. The predicted molar refractivity (Wildman–Crippen MR) is 79.0 cm³/mol. The van der Waals surface area contributed by atoms with Gasteiger partial charge in [0, 0.05) is 6.54 Å². The summed E-state index contributed by atoms with van der Waals surface area (Å²) in [5.41, 5.74) is 0. The second-order valence-corrected chi connectivity index (χ2v) is 4.69. The number of carbonyl (C=O) groups excluding carboxylic acids is 1. The third kappa shape index (κ3) is 3.88. The van der Waals surface area contributed by atoms with Crippen LogP contribution in [0.3, 0.4) is 0 Å². The molecule has 4 nitrogen and oxygen atoms in total. The Kier molecular flexibility index (Phi) is 4.82. The number of unbranched alkanes of at least 4 members (excludes halogenated alkanes) is 1. The number of hydrogen-bond acceptors (Lipinski definition) is 3. The van der Waals surface area contributed by atoms with Crippen molar-refractivity contribution < 1.29 is 14.6 Å². The first-order valence-corrected chi connectivity index (χ1v) is 6.81. The van der Waals surface area contributed by atoms with Crippen molar-refractivity contribution >= 4 is 16.7 Å². The van der Waals surface area contributed by atoms with E-state index in [2.05, 4.69) is 12.2 Å². The number of rotatable bonds is 6. The SMILES string of the molecule is CCCCNC(=O)COc1ccc2ccc(O)cc2c1. The van der Waals surface area contributed by atoms with E-state index in [1.54, 1.807) is 12.1 Å². The molecular formula is C16H19NO3. The van der Waals surface area contributed by atoms with Gasteiger partial charge in [0.15, 0.2) is 6.61 Å². The van der Waals surface area contributed by atoms with Crippen LogP contribution in [0.1, 0.15) is 19.8 Å². The second kappa shape index (κ2) is 6.80. The van der Waals surface area contributed by atoms with Gasteiger partial charge < -0.3 is 15.2 Å². The summed E-state index contributed by atoms with van der Waals surface area (Å²) >= 11 is 0. The number of nitrogens with one attached hydrogen (secondary N) is 1. The maximum atomic E-state index is 11.5. The molecule has 0 atom stereocenters. The molecule has 0 saturated heterocycles. The number of phenolic OH excluding ortho intramolecular Hbond substituents is 1. The Morgan fingerprint density at radius 2 is 2.00 bits per heavy atom. The van der Waals surface area contributed by atoms with Crippen molar-refractivity contribution in [3.05, 3.63) is 36.4 Å². The quantitative estimate of drug-likeness (QED) is 0.796. The molecule has 106 valence electrons.